The van der Waals surface area contributed by atoms with Gasteiger partial charge in [-0.15, -0.1) is 0 Å². The molecule has 0 aliphatic carbocycles. The van der Waals surface area contributed by atoms with Crippen molar-refractivity contribution in [2.45, 2.75) is 38.8 Å². The average Bonchev–Trinajstić information content (AvgIpc) is 2.71. The Bertz CT molecular complexity index is 886. The van der Waals surface area contributed by atoms with Crippen LogP contribution in [0.5, 0.6) is 17.2 Å². The Morgan fingerprint density at radius 3 is 2.34 bits per heavy atom. The zero-order valence-corrected chi connectivity index (χ0v) is 16.8. The molecular formula is C23H26N2O4. The van der Waals surface area contributed by atoms with Crippen molar-refractivity contribution in [1.82, 2.24) is 10.2 Å². The summed E-state index contributed by atoms with van der Waals surface area (Å²) in [5.41, 5.74) is 0.620. The molecule has 6 heteroatoms. The Hall–Kier alpha value is -2.86. The van der Waals surface area contributed by atoms with Crippen LogP contribution in [-0.4, -0.2) is 41.9 Å². The molecule has 2 atom stereocenters. The predicted molar refractivity (Wildman–Crippen MR) is 109 cm³/mol. The van der Waals surface area contributed by atoms with E-state index in [1.807, 2.05) is 0 Å². The highest BCUT2D eigenvalue weighted by atomic mass is 16.5. The highest BCUT2D eigenvalue weighted by Gasteiger charge is 2.40. The van der Waals surface area contributed by atoms with Gasteiger partial charge < -0.3 is 14.8 Å². The first-order valence-corrected chi connectivity index (χ1v) is 10.1. The van der Waals surface area contributed by atoms with E-state index in [1.54, 1.807) is 48.5 Å². The molecule has 3 saturated heterocycles. The third kappa shape index (κ3) is 4.43. The minimum absolute atomic E-state index is 0.0426. The summed E-state index contributed by atoms with van der Waals surface area (Å²) >= 11 is 0. The Kier molecular flexibility index (Phi) is 5.53. The Labute approximate surface area is 170 Å². The van der Waals surface area contributed by atoms with E-state index in [0.717, 1.165) is 25.9 Å². The molecule has 3 aliphatic rings. The molecule has 3 heterocycles. The summed E-state index contributed by atoms with van der Waals surface area (Å²) in [4.78, 5) is 26.3. The second-order valence-electron chi connectivity index (χ2n) is 7.81. The molecule has 2 unspecified atom stereocenters. The van der Waals surface area contributed by atoms with Gasteiger partial charge in [0.1, 0.15) is 17.2 Å². The fraction of sp³-hybridized carbons (Fsp3) is 0.391. The number of ether oxygens (including phenoxy) is 2. The number of hydrogen-bond donors (Lipinski definition) is 1. The molecule has 3 aliphatic heterocycles. The minimum Gasteiger partial charge on any atom is -0.457 e. The highest BCUT2D eigenvalue weighted by molar-refractivity contribution is 5.94. The number of rotatable bonds is 5. The number of nitrogens with one attached hydrogen (secondary N) is 1. The molecule has 2 bridgehead atoms. The van der Waals surface area contributed by atoms with Gasteiger partial charge in [-0.1, -0.05) is 6.07 Å². The fourth-order valence-electron chi connectivity index (χ4n) is 4.36. The van der Waals surface area contributed by atoms with Crippen molar-refractivity contribution in [3.8, 4) is 17.2 Å². The summed E-state index contributed by atoms with van der Waals surface area (Å²) in [6, 6.07) is 14.6. The van der Waals surface area contributed by atoms with Crippen LogP contribution >= 0.6 is 0 Å². The van der Waals surface area contributed by atoms with E-state index in [4.69, 9.17) is 9.47 Å². The van der Waals surface area contributed by atoms with E-state index in [-0.39, 0.29) is 17.9 Å². The lowest BCUT2D eigenvalue weighted by atomic mass is 9.79. The number of amides is 1. The molecular weight excluding hydrogens is 368 g/mol. The van der Waals surface area contributed by atoms with Gasteiger partial charge >= 0.3 is 5.97 Å². The molecule has 1 amide bonds. The first kappa shape index (κ1) is 19.5. The monoisotopic (exact) mass is 394 g/mol. The molecule has 3 fully saturated rings. The molecule has 152 valence electrons. The Morgan fingerprint density at radius 1 is 1.00 bits per heavy atom. The molecule has 5 rings (SSSR count). The highest BCUT2D eigenvalue weighted by Crippen LogP contribution is 2.32. The second-order valence-corrected chi connectivity index (χ2v) is 7.81. The van der Waals surface area contributed by atoms with Crippen LogP contribution in [-0.2, 0) is 4.79 Å². The molecule has 0 aromatic heterocycles. The number of piperidine rings is 3. The zero-order chi connectivity index (χ0) is 20.4. The number of benzene rings is 2. The third-order valence-electron chi connectivity index (χ3n) is 5.89. The van der Waals surface area contributed by atoms with Crippen LogP contribution in [0.4, 0.5) is 0 Å². The summed E-state index contributed by atoms with van der Waals surface area (Å²) in [5, 5.41) is 3.24. The summed E-state index contributed by atoms with van der Waals surface area (Å²) in [6.07, 6.45) is 2.32. The summed E-state index contributed by atoms with van der Waals surface area (Å²) in [6.45, 7) is 5.84. The molecule has 1 N–H and O–H groups in total. The van der Waals surface area contributed by atoms with Crippen molar-refractivity contribution in [2.24, 2.45) is 5.92 Å². The molecule has 0 spiro atoms. The van der Waals surface area contributed by atoms with E-state index >= 15 is 0 Å². The first-order valence-electron chi connectivity index (χ1n) is 10.1. The largest absolute Gasteiger partial charge is 0.457 e. The predicted octanol–water partition coefficient (Wildman–Crippen LogP) is 3.62. The van der Waals surface area contributed by atoms with E-state index in [1.165, 1.54) is 6.92 Å². The van der Waals surface area contributed by atoms with E-state index in [0.29, 0.717) is 34.8 Å². The third-order valence-corrected chi connectivity index (χ3v) is 5.89. The number of esters is 1. The quantitative estimate of drug-likeness (QED) is 0.620. The number of nitrogens with zero attached hydrogens (tertiary/aromatic N) is 1. The standard InChI is InChI=1S/C23H26N2O4/c1-15-22(17-10-12-25(15)13-11-17)24-23(27)18-6-8-19(9-7-18)29-21-5-3-4-20(14-21)28-16(2)26/h3-9,14-15,17,22H,10-13H2,1-2H3,(H,24,27). The van der Waals surface area contributed by atoms with Gasteiger partial charge in [0.05, 0.1) is 0 Å². The minimum atomic E-state index is -0.380. The number of hydrogen-bond acceptors (Lipinski definition) is 5. The number of fused-ring (bicyclic) bond motifs is 3. The summed E-state index contributed by atoms with van der Waals surface area (Å²) in [5.74, 6) is 1.75. The number of carbonyl (C=O) groups excluding carboxylic acids is 2. The number of carbonyl (C=O) groups is 2. The first-order chi connectivity index (χ1) is 14.0. The van der Waals surface area contributed by atoms with Crippen molar-refractivity contribution >= 4 is 11.9 Å². The lowest BCUT2D eigenvalue weighted by Crippen LogP contribution is -2.62. The van der Waals surface area contributed by atoms with Crippen molar-refractivity contribution in [2.75, 3.05) is 13.1 Å². The van der Waals surface area contributed by atoms with E-state index in [2.05, 4.69) is 17.1 Å². The van der Waals surface area contributed by atoms with E-state index < -0.39 is 0 Å². The van der Waals surface area contributed by atoms with Crippen LogP contribution < -0.4 is 14.8 Å². The van der Waals surface area contributed by atoms with Gasteiger partial charge in [0.15, 0.2) is 0 Å². The Morgan fingerprint density at radius 2 is 1.69 bits per heavy atom. The van der Waals surface area contributed by atoms with Crippen LogP contribution in [0, 0.1) is 5.92 Å². The maximum Gasteiger partial charge on any atom is 0.308 e. The normalized spacial score (nSPS) is 25.3. The Balaban J connectivity index is 1.39. The lowest BCUT2D eigenvalue weighted by molar-refractivity contribution is -0.131. The van der Waals surface area contributed by atoms with Crippen LogP contribution in [0.1, 0.15) is 37.0 Å². The van der Waals surface area contributed by atoms with Crippen LogP contribution in [0.3, 0.4) is 0 Å². The molecule has 2 aromatic carbocycles. The molecule has 0 saturated carbocycles. The topological polar surface area (TPSA) is 67.9 Å². The van der Waals surface area contributed by atoms with Crippen molar-refractivity contribution < 1.29 is 19.1 Å². The average molecular weight is 394 g/mol. The lowest BCUT2D eigenvalue weighted by Gasteiger charge is -2.49. The van der Waals surface area contributed by atoms with Crippen LogP contribution in [0.2, 0.25) is 0 Å². The van der Waals surface area contributed by atoms with Gasteiger partial charge in [0.2, 0.25) is 0 Å². The van der Waals surface area contributed by atoms with Gasteiger partial charge in [-0.25, -0.2) is 0 Å². The fourth-order valence-corrected chi connectivity index (χ4v) is 4.36. The SMILES string of the molecule is CC(=O)Oc1cccc(Oc2ccc(C(=O)NC3C4CCN(CC4)C3C)cc2)c1. The van der Waals surface area contributed by atoms with Crippen molar-refractivity contribution in [3.63, 3.8) is 0 Å². The van der Waals surface area contributed by atoms with Gasteiger partial charge in [-0.05, 0) is 75.2 Å². The van der Waals surface area contributed by atoms with Crippen LogP contribution in [0.25, 0.3) is 0 Å². The van der Waals surface area contributed by atoms with Crippen molar-refractivity contribution in [3.05, 3.63) is 54.1 Å². The summed E-state index contributed by atoms with van der Waals surface area (Å²) < 4.78 is 10.9. The van der Waals surface area contributed by atoms with Gasteiger partial charge in [0.25, 0.3) is 5.91 Å². The van der Waals surface area contributed by atoms with Crippen molar-refractivity contribution in [1.29, 1.82) is 0 Å². The maximum absolute atomic E-state index is 12.7. The van der Waals surface area contributed by atoms with Crippen LogP contribution in [0.15, 0.2) is 48.5 Å². The maximum atomic E-state index is 12.7. The van der Waals surface area contributed by atoms with Gasteiger partial charge in [-0.2, -0.15) is 0 Å². The summed E-state index contributed by atoms with van der Waals surface area (Å²) in [7, 11) is 0. The molecule has 6 nitrogen and oxygen atoms in total. The van der Waals surface area contributed by atoms with E-state index in [9.17, 15) is 9.59 Å². The second kappa shape index (κ2) is 8.25. The van der Waals surface area contributed by atoms with Gasteiger partial charge in [0, 0.05) is 30.6 Å². The zero-order valence-electron chi connectivity index (χ0n) is 16.8. The smallest absolute Gasteiger partial charge is 0.308 e. The van der Waals surface area contributed by atoms with Gasteiger partial charge in [-0.3, -0.25) is 14.5 Å². The molecule has 29 heavy (non-hydrogen) atoms. The molecule has 2 aromatic rings. The molecule has 0 radical (unpaired) electrons.